The molecule has 0 saturated heterocycles. The quantitative estimate of drug-likeness (QED) is 0.874. The largest absolute Gasteiger partial charge is 0.368 e. The summed E-state index contributed by atoms with van der Waals surface area (Å²) in [4.78, 5) is 13.3. The molecule has 0 spiro atoms. The van der Waals surface area contributed by atoms with E-state index in [-0.39, 0.29) is 6.04 Å². The molecule has 0 aliphatic rings. The van der Waals surface area contributed by atoms with Gasteiger partial charge in [0, 0.05) is 24.3 Å². The third-order valence-corrected chi connectivity index (χ3v) is 2.51. The molecule has 0 amide bonds. The number of nitrogens with one attached hydrogen (secondary N) is 2. The lowest BCUT2D eigenvalue weighted by molar-refractivity contribution is 0.862. The van der Waals surface area contributed by atoms with Gasteiger partial charge >= 0.3 is 0 Å². The lowest BCUT2D eigenvalue weighted by Crippen LogP contribution is -2.16. The fourth-order valence-corrected chi connectivity index (χ4v) is 1.79. The third kappa shape index (κ3) is 3.91. The van der Waals surface area contributed by atoms with Crippen LogP contribution in [0.5, 0.6) is 0 Å². The highest BCUT2D eigenvalue weighted by atomic mass is 15.2. The standard InChI is InChI=1S/C15H21N5/c1-10(2)17-14-9-13(12-7-5-6-8-16-12)19-15(20-14)18-11(3)4/h5-11H,1-4H3,(H2,17,18,19,20). The number of nitrogens with zero attached hydrogens (tertiary/aromatic N) is 3. The van der Waals surface area contributed by atoms with Crippen molar-refractivity contribution in [3.05, 3.63) is 30.5 Å². The number of aromatic nitrogens is 3. The second kappa shape index (κ2) is 6.32. The molecule has 20 heavy (non-hydrogen) atoms. The first-order chi connectivity index (χ1) is 9.54. The van der Waals surface area contributed by atoms with Crippen molar-refractivity contribution in [2.75, 3.05) is 10.6 Å². The second-order valence-electron chi connectivity index (χ2n) is 5.28. The monoisotopic (exact) mass is 271 g/mol. The second-order valence-corrected chi connectivity index (χ2v) is 5.28. The van der Waals surface area contributed by atoms with Gasteiger partial charge in [-0.15, -0.1) is 0 Å². The molecule has 2 heterocycles. The number of rotatable bonds is 5. The predicted octanol–water partition coefficient (Wildman–Crippen LogP) is 3.18. The Morgan fingerprint density at radius 3 is 2.25 bits per heavy atom. The minimum absolute atomic E-state index is 0.279. The van der Waals surface area contributed by atoms with Crippen LogP contribution in [0.2, 0.25) is 0 Å². The van der Waals surface area contributed by atoms with Crippen LogP contribution in [0, 0.1) is 0 Å². The van der Waals surface area contributed by atoms with Crippen LogP contribution in [-0.4, -0.2) is 27.0 Å². The molecule has 0 fully saturated rings. The molecule has 5 nitrogen and oxygen atoms in total. The summed E-state index contributed by atoms with van der Waals surface area (Å²) < 4.78 is 0. The van der Waals surface area contributed by atoms with E-state index in [1.807, 2.05) is 24.3 Å². The van der Waals surface area contributed by atoms with E-state index in [0.717, 1.165) is 17.2 Å². The van der Waals surface area contributed by atoms with E-state index in [1.54, 1.807) is 6.20 Å². The lowest BCUT2D eigenvalue weighted by atomic mass is 10.2. The molecular formula is C15H21N5. The molecule has 0 atom stereocenters. The molecule has 2 aromatic heterocycles. The first-order valence-corrected chi connectivity index (χ1v) is 6.88. The Labute approximate surface area is 119 Å². The van der Waals surface area contributed by atoms with Crippen LogP contribution >= 0.6 is 0 Å². The first kappa shape index (κ1) is 14.2. The van der Waals surface area contributed by atoms with Crippen LogP contribution in [0.4, 0.5) is 11.8 Å². The van der Waals surface area contributed by atoms with E-state index >= 15 is 0 Å². The van der Waals surface area contributed by atoms with Gasteiger partial charge in [0.2, 0.25) is 5.95 Å². The maximum atomic E-state index is 4.53. The van der Waals surface area contributed by atoms with Gasteiger partial charge < -0.3 is 10.6 Å². The summed E-state index contributed by atoms with van der Waals surface area (Å²) in [5.41, 5.74) is 1.65. The van der Waals surface area contributed by atoms with Gasteiger partial charge in [-0.25, -0.2) is 4.98 Å². The van der Waals surface area contributed by atoms with Gasteiger partial charge in [-0.1, -0.05) is 6.07 Å². The smallest absolute Gasteiger partial charge is 0.225 e. The normalized spacial score (nSPS) is 10.9. The molecule has 0 aliphatic carbocycles. The molecular weight excluding hydrogens is 250 g/mol. The summed E-state index contributed by atoms with van der Waals surface area (Å²) in [6, 6.07) is 8.31. The summed E-state index contributed by atoms with van der Waals surface area (Å²) in [6.45, 7) is 8.29. The average Bonchev–Trinajstić information content (AvgIpc) is 2.38. The molecule has 0 aliphatic heterocycles. The summed E-state index contributed by atoms with van der Waals surface area (Å²) in [7, 11) is 0. The lowest BCUT2D eigenvalue weighted by Gasteiger charge is -2.14. The summed E-state index contributed by atoms with van der Waals surface area (Å²) in [6.07, 6.45) is 1.77. The van der Waals surface area contributed by atoms with Crippen molar-refractivity contribution in [3.63, 3.8) is 0 Å². The highest BCUT2D eigenvalue weighted by Gasteiger charge is 2.09. The van der Waals surface area contributed by atoms with Gasteiger partial charge in [0.1, 0.15) is 5.82 Å². The van der Waals surface area contributed by atoms with Gasteiger partial charge in [-0.3, -0.25) is 4.98 Å². The van der Waals surface area contributed by atoms with Crippen LogP contribution < -0.4 is 10.6 Å². The zero-order valence-corrected chi connectivity index (χ0v) is 12.4. The Morgan fingerprint density at radius 1 is 0.900 bits per heavy atom. The number of hydrogen-bond acceptors (Lipinski definition) is 5. The number of anilines is 2. The van der Waals surface area contributed by atoms with Gasteiger partial charge in [0.05, 0.1) is 11.4 Å². The van der Waals surface area contributed by atoms with Crippen molar-refractivity contribution in [1.29, 1.82) is 0 Å². The molecule has 2 N–H and O–H groups in total. The van der Waals surface area contributed by atoms with E-state index in [0.29, 0.717) is 12.0 Å². The molecule has 0 unspecified atom stereocenters. The van der Waals surface area contributed by atoms with Crippen LogP contribution in [0.25, 0.3) is 11.4 Å². The van der Waals surface area contributed by atoms with Crippen molar-refractivity contribution in [3.8, 4) is 11.4 Å². The van der Waals surface area contributed by atoms with Crippen molar-refractivity contribution in [2.24, 2.45) is 0 Å². The van der Waals surface area contributed by atoms with Gasteiger partial charge in [0.25, 0.3) is 0 Å². The summed E-state index contributed by atoms with van der Waals surface area (Å²) in [5, 5.41) is 6.55. The molecule has 5 heteroatoms. The van der Waals surface area contributed by atoms with E-state index in [2.05, 4.69) is 53.3 Å². The maximum Gasteiger partial charge on any atom is 0.225 e. The maximum absolute atomic E-state index is 4.53. The van der Waals surface area contributed by atoms with Crippen molar-refractivity contribution in [1.82, 2.24) is 15.0 Å². The molecule has 0 radical (unpaired) electrons. The molecule has 0 bridgehead atoms. The minimum atomic E-state index is 0.279. The van der Waals surface area contributed by atoms with Crippen molar-refractivity contribution < 1.29 is 0 Å². The molecule has 0 saturated carbocycles. The van der Waals surface area contributed by atoms with Crippen molar-refractivity contribution in [2.45, 2.75) is 39.8 Å². The zero-order valence-electron chi connectivity index (χ0n) is 12.4. The van der Waals surface area contributed by atoms with E-state index < -0.39 is 0 Å². The van der Waals surface area contributed by atoms with Crippen LogP contribution in [0.3, 0.4) is 0 Å². The molecule has 106 valence electrons. The number of hydrogen-bond donors (Lipinski definition) is 2. The Morgan fingerprint density at radius 2 is 1.65 bits per heavy atom. The SMILES string of the molecule is CC(C)Nc1cc(-c2ccccn2)nc(NC(C)C)n1. The van der Waals surface area contributed by atoms with Gasteiger partial charge in [-0.05, 0) is 39.8 Å². The molecule has 2 rings (SSSR count). The fourth-order valence-electron chi connectivity index (χ4n) is 1.79. The summed E-state index contributed by atoms with van der Waals surface area (Å²) in [5.74, 6) is 1.42. The zero-order chi connectivity index (χ0) is 14.5. The van der Waals surface area contributed by atoms with E-state index in [1.165, 1.54) is 0 Å². The highest BCUT2D eigenvalue weighted by molar-refractivity contribution is 5.61. The third-order valence-electron chi connectivity index (χ3n) is 2.51. The minimum Gasteiger partial charge on any atom is -0.368 e. The topological polar surface area (TPSA) is 62.7 Å². The van der Waals surface area contributed by atoms with Crippen LogP contribution in [0.15, 0.2) is 30.5 Å². The Balaban J connectivity index is 2.39. The summed E-state index contributed by atoms with van der Waals surface area (Å²) >= 11 is 0. The van der Waals surface area contributed by atoms with Crippen LogP contribution in [0.1, 0.15) is 27.7 Å². The number of pyridine rings is 1. The fraction of sp³-hybridized carbons (Fsp3) is 0.400. The Kier molecular flexibility index (Phi) is 4.50. The molecule has 0 aromatic carbocycles. The molecule has 2 aromatic rings. The Hall–Kier alpha value is -2.17. The van der Waals surface area contributed by atoms with Crippen molar-refractivity contribution >= 4 is 11.8 Å². The van der Waals surface area contributed by atoms with Gasteiger partial charge in [-0.2, -0.15) is 4.98 Å². The first-order valence-electron chi connectivity index (χ1n) is 6.88. The van der Waals surface area contributed by atoms with E-state index in [4.69, 9.17) is 0 Å². The predicted molar refractivity (Wildman–Crippen MR) is 82.8 cm³/mol. The van der Waals surface area contributed by atoms with E-state index in [9.17, 15) is 0 Å². The average molecular weight is 271 g/mol. The highest BCUT2D eigenvalue weighted by Crippen LogP contribution is 2.20. The van der Waals surface area contributed by atoms with Crippen LogP contribution in [-0.2, 0) is 0 Å². The van der Waals surface area contributed by atoms with Gasteiger partial charge in [0.15, 0.2) is 0 Å². The Bertz CT molecular complexity index is 523.